The minimum Gasteiger partial charge on any atom is -0.344 e. The van der Waals surface area contributed by atoms with Gasteiger partial charge in [0.2, 0.25) is 17.7 Å². The molecule has 1 heterocycles. The summed E-state index contributed by atoms with van der Waals surface area (Å²) < 4.78 is 0. The molecule has 1 atom stereocenters. The minimum atomic E-state index is -0.778. The highest BCUT2D eigenvalue weighted by Crippen LogP contribution is 2.31. The molecule has 1 saturated carbocycles. The molecule has 1 unspecified atom stereocenters. The van der Waals surface area contributed by atoms with Crippen molar-refractivity contribution >= 4 is 34.9 Å². The molecule has 0 bridgehead atoms. The van der Waals surface area contributed by atoms with Gasteiger partial charge in [0.15, 0.2) is 5.84 Å². The summed E-state index contributed by atoms with van der Waals surface area (Å²) >= 11 is 0. The number of carbonyl (C=O) groups is 3. The van der Waals surface area contributed by atoms with Gasteiger partial charge in [-0.1, -0.05) is 42.5 Å². The molecule has 248 valence electrons. The molecule has 0 spiro atoms. The number of nitrogens with two attached hydrogens (primary N) is 1. The number of amidine groups is 1. The number of hydrazine groups is 2. The average molecular weight is 640 g/mol. The Morgan fingerprint density at radius 1 is 0.872 bits per heavy atom. The first-order chi connectivity index (χ1) is 22.8. The van der Waals surface area contributed by atoms with Gasteiger partial charge in [-0.2, -0.15) is 0 Å². The van der Waals surface area contributed by atoms with Crippen LogP contribution < -0.4 is 38.2 Å². The van der Waals surface area contributed by atoms with Crippen LogP contribution in [-0.2, 0) is 20.8 Å². The van der Waals surface area contributed by atoms with Gasteiger partial charge in [-0.3, -0.25) is 19.8 Å². The number of benzene rings is 3. The molecule has 1 aliphatic carbocycles. The van der Waals surface area contributed by atoms with Crippen LogP contribution in [0, 0.1) is 11.8 Å². The second-order valence-corrected chi connectivity index (χ2v) is 12.6. The number of rotatable bonds is 13. The average Bonchev–Trinajstić information content (AvgIpc) is 3.61. The van der Waals surface area contributed by atoms with Gasteiger partial charge in [-0.05, 0) is 99.6 Å². The lowest BCUT2D eigenvalue weighted by atomic mass is 9.80. The number of para-hydroxylation sites is 1. The molecular weight excluding hydrogens is 594 g/mol. The van der Waals surface area contributed by atoms with Crippen molar-refractivity contribution in [3.8, 4) is 11.1 Å². The maximum absolute atomic E-state index is 13.6. The molecule has 5 rings (SSSR count). The lowest BCUT2D eigenvalue weighted by Gasteiger charge is -2.28. The lowest BCUT2D eigenvalue weighted by Crippen LogP contribution is -2.45. The van der Waals surface area contributed by atoms with Crippen molar-refractivity contribution in [2.24, 2.45) is 22.7 Å². The molecule has 47 heavy (non-hydrogen) atoms. The van der Waals surface area contributed by atoms with Gasteiger partial charge in [-0.25, -0.2) is 5.53 Å². The smallest absolute Gasteiger partial charge is 0.247 e. The highest BCUT2D eigenvalue weighted by Gasteiger charge is 2.26. The summed E-state index contributed by atoms with van der Waals surface area (Å²) in [6.45, 7) is 0.971. The van der Waals surface area contributed by atoms with Gasteiger partial charge in [0.1, 0.15) is 6.04 Å². The standard InChI is InChI=1S/C35H45N9O3/c1-44(2)22-33(46)38-30-6-4-3-5-29(30)26-13-11-23(12-14-26)19-31(39-32(45)20-24-7-9-25(21-36)10-8-24)35(47)37-28-17-15-27(16-18-28)34-40-42-43-41-34/h3-6,11-18,24-25,31,42-43H,7-10,19-22,36H2,1-2H3,(H,37,47)(H,38,46)(H,39,45)(H,40,41). The van der Waals surface area contributed by atoms with Gasteiger partial charge in [0.25, 0.3) is 0 Å². The molecule has 3 aromatic carbocycles. The second-order valence-electron chi connectivity index (χ2n) is 12.6. The molecule has 0 radical (unpaired) electrons. The number of hydrazone groups is 1. The maximum Gasteiger partial charge on any atom is 0.247 e. The number of amides is 3. The van der Waals surface area contributed by atoms with Crippen LogP contribution in [0.25, 0.3) is 11.1 Å². The third kappa shape index (κ3) is 9.61. The van der Waals surface area contributed by atoms with Crippen LogP contribution in [0.5, 0.6) is 0 Å². The van der Waals surface area contributed by atoms with Crippen LogP contribution in [-0.4, -0.2) is 61.7 Å². The number of hydrogen-bond donors (Lipinski definition) is 7. The highest BCUT2D eigenvalue weighted by molar-refractivity contribution is 6.01. The number of likely N-dealkylation sites (N-methyl/N-ethyl adjacent to an activating group) is 1. The minimum absolute atomic E-state index is 0.0938. The van der Waals surface area contributed by atoms with E-state index in [1.165, 1.54) is 0 Å². The van der Waals surface area contributed by atoms with Crippen LogP contribution in [0.15, 0.2) is 77.9 Å². The lowest BCUT2D eigenvalue weighted by molar-refractivity contribution is -0.127. The van der Waals surface area contributed by atoms with Crippen LogP contribution in [0.2, 0.25) is 0 Å². The number of hydrogen-bond acceptors (Lipinski definition) is 9. The summed E-state index contributed by atoms with van der Waals surface area (Å²) in [6.07, 6.45) is 4.73. The zero-order valence-electron chi connectivity index (χ0n) is 27.0. The third-order valence-electron chi connectivity index (χ3n) is 8.62. The second kappa shape index (κ2) is 16.2. The van der Waals surface area contributed by atoms with Crippen LogP contribution in [0.3, 0.4) is 0 Å². The van der Waals surface area contributed by atoms with Crippen molar-refractivity contribution in [1.82, 2.24) is 26.7 Å². The van der Waals surface area contributed by atoms with Crippen molar-refractivity contribution in [2.45, 2.75) is 44.6 Å². The molecule has 1 fully saturated rings. The van der Waals surface area contributed by atoms with E-state index in [1.807, 2.05) is 79.7 Å². The Labute approximate surface area is 275 Å². The third-order valence-corrected chi connectivity index (χ3v) is 8.62. The molecule has 0 saturated heterocycles. The van der Waals surface area contributed by atoms with Crippen molar-refractivity contribution in [1.29, 1.82) is 0 Å². The van der Waals surface area contributed by atoms with E-state index in [9.17, 15) is 14.4 Å². The molecule has 3 amide bonds. The molecular formula is C35H45N9O3. The van der Waals surface area contributed by atoms with E-state index in [2.05, 4.69) is 37.5 Å². The van der Waals surface area contributed by atoms with Crippen molar-refractivity contribution in [2.75, 3.05) is 37.8 Å². The quantitative estimate of drug-likeness (QED) is 0.150. The summed E-state index contributed by atoms with van der Waals surface area (Å²) in [5.41, 5.74) is 19.0. The Bertz CT molecular complexity index is 1550. The van der Waals surface area contributed by atoms with Gasteiger partial charge in [0, 0.05) is 35.3 Å². The maximum atomic E-state index is 13.6. The molecule has 12 nitrogen and oxygen atoms in total. The van der Waals surface area contributed by atoms with E-state index in [0.29, 0.717) is 42.7 Å². The Morgan fingerprint density at radius 2 is 1.55 bits per heavy atom. The van der Waals surface area contributed by atoms with E-state index in [4.69, 9.17) is 5.73 Å². The van der Waals surface area contributed by atoms with Crippen molar-refractivity contribution < 1.29 is 14.4 Å². The predicted octanol–water partition coefficient (Wildman–Crippen LogP) is 2.95. The molecule has 3 aromatic rings. The predicted molar refractivity (Wildman–Crippen MR) is 185 cm³/mol. The number of carbonyl (C=O) groups excluding carboxylic acids is 3. The molecule has 0 aromatic heterocycles. The monoisotopic (exact) mass is 639 g/mol. The van der Waals surface area contributed by atoms with E-state index < -0.39 is 6.04 Å². The van der Waals surface area contributed by atoms with Gasteiger partial charge in [0.05, 0.1) is 6.54 Å². The molecule has 1 aliphatic heterocycles. The number of anilines is 2. The summed E-state index contributed by atoms with van der Waals surface area (Å²) in [6, 6.07) is 22.0. The van der Waals surface area contributed by atoms with Crippen LogP contribution in [0.4, 0.5) is 11.4 Å². The van der Waals surface area contributed by atoms with E-state index >= 15 is 0 Å². The fourth-order valence-corrected chi connectivity index (χ4v) is 6.05. The first-order valence-electron chi connectivity index (χ1n) is 16.1. The zero-order chi connectivity index (χ0) is 33.2. The van der Waals surface area contributed by atoms with E-state index in [-0.39, 0.29) is 24.3 Å². The summed E-state index contributed by atoms with van der Waals surface area (Å²) in [5.74, 6) is 0.950. The van der Waals surface area contributed by atoms with Crippen molar-refractivity contribution in [3.63, 3.8) is 0 Å². The number of nitrogens with zero attached hydrogens (tertiary/aromatic N) is 2. The largest absolute Gasteiger partial charge is 0.344 e. The molecule has 2 aliphatic rings. The van der Waals surface area contributed by atoms with Crippen LogP contribution >= 0.6 is 0 Å². The number of nitrogens with one attached hydrogen (secondary N) is 6. The van der Waals surface area contributed by atoms with Gasteiger partial charge in [-0.15, -0.1) is 10.6 Å². The topological polar surface area (TPSA) is 165 Å². The van der Waals surface area contributed by atoms with Crippen molar-refractivity contribution in [3.05, 3.63) is 83.9 Å². The first-order valence-corrected chi connectivity index (χ1v) is 16.1. The Kier molecular flexibility index (Phi) is 11.6. The first kappa shape index (κ1) is 33.6. The Balaban J connectivity index is 1.28. The van der Waals surface area contributed by atoms with Gasteiger partial charge < -0.3 is 26.6 Å². The van der Waals surface area contributed by atoms with Gasteiger partial charge >= 0.3 is 0 Å². The highest BCUT2D eigenvalue weighted by atomic mass is 16.2. The SMILES string of the molecule is CN(C)CC(=O)Nc1ccccc1-c1ccc(CC(NC(=O)CC2CCC(CN)CC2)C(=O)Nc2ccc(C3=NNNN3)cc2)cc1. The van der Waals surface area contributed by atoms with E-state index in [1.54, 1.807) is 12.1 Å². The zero-order valence-corrected chi connectivity index (χ0v) is 27.0. The summed E-state index contributed by atoms with van der Waals surface area (Å²) in [5, 5.41) is 13.1. The summed E-state index contributed by atoms with van der Waals surface area (Å²) in [7, 11) is 3.70. The van der Waals surface area contributed by atoms with E-state index in [0.717, 1.165) is 53.6 Å². The fourth-order valence-electron chi connectivity index (χ4n) is 6.05. The van der Waals surface area contributed by atoms with Crippen LogP contribution in [0.1, 0.15) is 43.2 Å². The Morgan fingerprint density at radius 3 is 2.21 bits per heavy atom. The molecule has 12 heteroatoms. The molecule has 8 N–H and O–H groups in total. The summed E-state index contributed by atoms with van der Waals surface area (Å²) in [4.78, 5) is 41.2. The Hall–Kier alpha value is -4.78. The fraction of sp³-hybridized carbons (Fsp3) is 0.371. The normalized spacial score (nSPS) is 18.0.